The van der Waals surface area contributed by atoms with E-state index in [0.717, 1.165) is 5.56 Å². The summed E-state index contributed by atoms with van der Waals surface area (Å²) in [5, 5.41) is 2.66. The number of hydrogen-bond acceptors (Lipinski definition) is 3. The minimum absolute atomic E-state index is 0.0433. The van der Waals surface area contributed by atoms with Gasteiger partial charge in [-0.25, -0.2) is 4.39 Å². The number of anilines is 1. The molecule has 0 fully saturated rings. The molecule has 0 aliphatic rings. The monoisotopic (exact) mass is 329 g/mol. The fraction of sp³-hybridized carbons (Fsp3) is 0.211. The fourth-order valence-corrected chi connectivity index (χ4v) is 2.03. The second-order valence-corrected chi connectivity index (χ2v) is 5.41. The number of ether oxygens (including phenoxy) is 2. The molecule has 126 valence electrons. The van der Waals surface area contributed by atoms with Crippen LogP contribution in [0.4, 0.5) is 10.1 Å². The Balaban J connectivity index is 2.05. The lowest BCUT2D eigenvalue weighted by Crippen LogP contribution is -2.07. The van der Waals surface area contributed by atoms with Crippen molar-refractivity contribution in [3.05, 3.63) is 59.9 Å². The molecule has 0 bridgehead atoms. The van der Waals surface area contributed by atoms with Gasteiger partial charge in [-0.1, -0.05) is 6.07 Å². The van der Waals surface area contributed by atoms with E-state index in [1.807, 2.05) is 19.9 Å². The molecule has 0 heterocycles. The van der Waals surface area contributed by atoms with E-state index in [2.05, 4.69) is 5.32 Å². The minimum atomic E-state index is -0.348. The summed E-state index contributed by atoms with van der Waals surface area (Å²) < 4.78 is 23.8. The van der Waals surface area contributed by atoms with Gasteiger partial charge >= 0.3 is 0 Å². The highest BCUT2D eigenvalue weighted by atomic mass is 19.1. The van der Waals surface area contributed by atoms with Crippen molar-refractivity contribution in [2.45, 2.75) is 20.0 Å². The molecule has 0 aliphatic carbocycles. The Bertz CT molecular complexity index is 724. The molecular formula is C19H20FNO3. The summed E-state index contributed by atoms with van der Waals surface area (Å²) in [7, 11) is 1.57. The van der Waals surface area contributed by atoms with Gasteiger partial charge < -0.3 is 14.8 Å². The largest absolute Gasteiger partial charge is 0.493 e. The van der Waals surface area contributed by atoms with Gasteiger partial charge in [0.25, 0.3) is 0 Å². The van der Waals surface area contributed by atoms with E-state index in [1.165, 1.54) is 30.3 Å². The first-order chi connectivity index (χ1) is 11.5. The van der Waals surface area contributed by atoms with E-state index in [4.69, 9.17) is 9.47 Å². The topological polar surface area (TPSA) is 47.6 Å². The predicted molar refractivity (Wildman–Crippen MR) is 92.8 cm³/mol. The van der Waals surface area contributed by atoms with E-state index >= 15 is 0 Å². The average molecular weight is 329 g/mol. The maximum Gasteiger partial charge on any atom is 0.248 e. The molecule has 4 nitrogen and oxygen atoms in total. The first-order valence-corrected chi connectivity index (χ1v) is 7.57. The van der Waals surface area contributed by atoms with Crippen molar-refractivity contribution in [3.63, 3.8) is 0 Å². The van der Waals surface area contributed by atoms with E-state index in [0.29, 0.717) is 17.2 Å². The lowest BCUT2D eigenvalue weighted by Gasteiger charge is -2.13. The smallest absolute Gasteiger partial charge is 0.248 e. The van der Waals surface area contributed by atoms with E-state index in [9.17, 15) is 9.18 Å². The van der Waals surface area contributed by atoms with Crippen molar-refractivity contribution in [2.75, 3.05) is 12.4 Å². The lowest BCUT2D eigenvalue weighted by molar-refractivity contribution is -0.111. The third-order valence-electron chi connectivity index (χ3n) is 3.09. The summed E-state index contributed by atoms with van der Waals surface area (Å²) in [6.45, 7) is 3.88. The third kappa shape index (κ3) is 5.12. The van der Waals surface area contributed by atoms with Gasteiger partial charge in [-0.2, -0.15) is 0 Å². The number of carbonyl (C=O) groups is 1. The first kappa shape index (κ1) is 17.5. The van der Waals surface area contributed by atoms with Gasteiger partial charge in [0.1, 0.15) is 5.82 Å². The number of hydrogen-bond donors (Lipinski definition) is 1. The van der Waals surface area contributed by atoms with Crippen LogP contribution in [0.1, 0.15) is 19.4 Å². The maximum absolute atomic E-state index is 12.8. The number of amides is 1. The van der Waals surface area contributed by atoms with Crippen molar-refractivity contribution in [3.8, 4) is 11.5 Å². The van der Waals surface area contributed by atoms with Crippen LogP contribution in [-0.4, -0.2) is 19.1 Å². The molecule has 2 aromatic carbocycles. The van der Waals surface area contributed by atoms with Crippen LogP contribution in [0, 0.1) is 5.82 Å². The van der Waals surface area contributed by atoms with Gasteiger partial charge in [0, 0.05) is 11.8 Å². The Hall–Kier alpha value is -2.82. The van der Waals surface area contributed by atoms with E-state index in [1.54, 1.807) is 25.3 Å². The maximum atomic E-state index is 12.8. The van der Waals surface area contributed by atoms with Crippen molar-refractivity contribution >= 4 is 17.7 Å². The number of carbonyl (C=O) groups excluding carboxylic acids is 1. The minimum Gasteiger partial charge on any atom is -0.493 e. The van der Waals surface area contributed by atoms with Crippen LogP contribution in [0.5, 0.6) is 11.5 Å². The van der Waals surface area contributed by atoms with Gasteiger partial charge in [-0.15, -0.1) is 0 Å². The molecule has 24 heavy (non-hydrogen) atoms. The molecule has 1 N–H and O–H groups in total. The van der Waals surface area contributed by atoms with E-state index in [-0.39, 0.29) is 17.8 Å². The standard InChI is InChI=1S/C19H20FNO3/c1-13(2)24-17-10-4-14(12-18(17)23-3)5-11-19(22)21-16-8-6-15(20)7-9-16/h4-13H,1-3H3,(H,21,22)/b11-5+. The van der Waals surface area contributed by atoms with Crippen molar-refractivity contribution in [1.82, 2.24) is 0 Å². The molecule has 0 unspecified atom stereocenters. The van der Waals surface area contributed by atoms with Gasteiger partial charge in [0.05, 0.1) is 13.2 Å². The van der Waals surface area contributed by atoms with Gasteiger partial charge in [0.2, 0.25) is 5.91 Å². The van der Waals surface area contributed by atoms with Crippen LogP contribution < -0.4 is 14.8 Å². The van der Waals surface area contributed by atoms with Crippen LogP contribution in [0.15, 0.2) is 48.5 Å². The zero-order chi connectivity index (χ0) is 17.5. The highest BCUT2D eigenvalue weighted by molar-refractivity contribution is 6.01. The Morgan fingerprint density at radius 3 is 2.46 bits per heavy atom. The molecule has 0 saturated carbocycles. The molecular weight excluding hydrogens is 309 g/mol. The molecule has 0 saturated heterocycles. The molecule has 2 aromatic rings. The van der Waals surface area contributed by atoms with Crippen LogP contribution in [0.3, 0.4) is 0 Å². The SMILES string of the molecule is COc1cc(/C=C/C(=O)Nc2ccc(F)cc2)ccc1OC(C)C. The van der Waals surface area contributed by atoms with E-state index < -0.39 is 0 Å². The van der Waals surface area contributed by atoms with Crippen LogP contribution >= 0.6 is 0 Å². The zero-order valence-corrected chi connectivity index (χ0v) is 13.9. The molecule has 0 aliphatic heterocycles. The summed E-state index contributed by atoms with van der Waals surface area (Å²) in [5.41, 5.74) is 1.33. The molecule has 0 atom stereocenters. The summed E-state index contributed by atoms with van der Waals surface area (Å²) in [4.78, 5) is 11.9. The molecule has 2 rings (SSSR count). The molecule has 1 amide bonds. The second-order valence-electron chi connectivity index (χ2n) is 5.41. The Morgan fingerprint density at radius 2 is 1.83 bits per heavy atom. The van der Waals surface area contributed by atoms with Gasteiger partial charge in [0.15, 0.2) is 11.5 Å². The Kier molecular flexibility index (Phi) is 5.95. The summed E-state index contributed by atoms with van der Waals surface area (Å²) in [6.07, 6.45) is 3.11. The number of halogens is 1. The zero-order valence-electron chi connectivity index (χ0n) is 13.9. The van der Waals surface area contributed by atoms with Crippen LogP contribution in [-0.2, 0) is 4.79 Å². The third-order valence-corrected chi connectivity index (χ3v) is 3.09. The predicted octanol–water partition coefficient (Wildman–Crippen LogP) is 4.27. The van der Waals surface area contributed by atoms with Gasteiger partial charge in [-0.05, 0) is 61.9 Å². The Labute approximate surface area is 140 Å². The van der Waals surface area contributed by atoms with Crippen molar-refractivity contribution < 1.29 is 18.7 Å². The number of methoxy groups -OCH3 is 1. The quantitative estimate of drug-likeness (QED) is 0.805. The van der Waals surface area contributed by atoms with Crippen molar-refractivity contribution in [1.29, 1.82) is 0 Å². The van der Waals surface area contributed by atoms with Crippen LogP contribution in [0.2, 0.25) is 0 Å². The lowest BCUT2D eigenvalue weighted by atomic mass is 10.2. The average Bonchev–Trinajstić information content (AvgIpc) is 2.55. The molecule has 0 spiro atoms. The fourth-order valence-electron chi connectivity index (χ4n) is 2.03. The van der Waals surface area contributed by atoms with Gasteiger partial charge in [-0.3, -0.25) is 4.79 Å². The number of benzene rings is 2. The molecule has 0 aromatic heterocycles. The van der Waals surface area contributed by atoms with Crippen molar-refractivity contribution in [2.24, 2.45) is 0 Å². The summed E-state index contributed by atoms with van der Waals surface area (Å²) in [6, 6.07) is 11.0. The highest BCUT2D eigenvalue weighted by Crippen LogP contribution is 2.29. The summed E-state index contributed by atoms with van der Waals surface area (Å²) >= 11 is 0. The first-order valence-electron chi connectivity index (χ1n) is 7.57. The molecule has 5 heteroatoms. The molecule has 0 radical (unpaired) electrons. The van der Waals surface area contributed by atoms with Crippen LogP contribution in [0.25, 0.3) is 6.08 Å². The summed E-state index contributed by atoms with van der Waals surface area (Å²) in [5.74, 6) is 0.604. The Morgan fingerprint density at radius 1 is 1.12 bits per heavy atom. The normalized spacial score (nSPS) is 10.9. The number of nitrogens with one attached hydrogen (secondary N) is 1. The number of rotatable bonds is 6. The highest BCUT2D eigenvalue weighted by Gasteiger charge is 2.06. The second kappa shape index (κ2) is 8.15.